The maximum Gasteiger partial charge on any atom is 0.331 e. The highest BCUT2D eigenvalue weighted by molar-refractivity contribution is 7.11. The van der Waals surface area contributed by atoms with Crippen molar-refractivity contribution < 1.29 is 14.7 Å². The molecule has 6 heteroatoms. The monoisotopic (exact) mass is 282 g/mol. The minimum Gasteiger partial charge on any atom is -0.478 e. The lowest BCUT2D eigenvalue weighted by Gasteiger charge is -2.13. The molecule has 19 heavy (non-hydrogen) atoms. The summed E-state index contributed by atoms with van der Waals surface area (Å²) in [5, 5.41) is 12.6. The van der Waals surface area contributed by atoms with E-state index in [1.165, 1.54) is 25.2 Å². The summed E-state index contributed by atoms with van der Waals surface area (Å²) in [7, 11) is 0. The number of nitrogens with one attached hydrogen (secondary N) is 1. The van der Waals surface area contributed by atoms with Gasteiger partial charge in [-0.3, -0.25) is 4.79 Å². The summed E-state index contributed by atoms with van der Waals surface area (Å²) in [5.74, 6) is -1.44. The van der Waals surface area contributed by atoms with Gasteiger partial charge in [-0.25, -0.2) is 9.78 Å². The molecule has 0 aromatic carbocycles. The third-order valence-corrected chi connectivity index (χ3v) is 4.16. The van der Waals surface area contributed by atoms with Gasteiger partial charge in [-0.2, -0.15) is 0 Å². The minimum absolute atomic E-state index is 0.0573. The van der Waals surface area contributed by atoms with Gasteiger partial charge in [-0.05, 0) is 34.6 Å². The number of carboxylic acids is 1. The Kier molecular flexibility index (Phi) is 4.83. The molecule has 0 saturated heterocycles. The molecular weight excluding hydrogens is 264 g/mol. The van der Waals surface area contributed by atoms with Crippen LogP contribution in [0.4, 0.5) is 0 Å². The first-order valence-electron chi connectivity index (χ1n) is 5.89. The maximum atomic E-state index is 11.9. The molecule has 0 aliphatic rings. The molecular formula is C13H18N2O3S. The predicted octanol–water partition coefficient (Wildman–Crippen LogP) is 2.36. The first kappa shape index (κ1) is 15.4. The van der Waals surface area contributed by atoms with Gasteiger partial charge < -0.3 is 10.4 Å². The SMILES string of the molecule is CC(C(=O)O)=C(C)C(=O)NC(C)c1sc(C)nc1C. The van der Waals surface area contributed by atoms with Crippen LogP contribution in [-0.4, -0.2) is 22.0 Å². The first-order chi connectivity index (χ1) is 8.73. The molecule has 0 aliphatic carbocycles. The highest BCUT2D eigenvalue weighted by Crippen LogP contribution is 2.24. The molecule has 1 rings (SSSR count). The Morgan fingerprint density at radius 3 is 2.26 bits per heavy atom. The fraction of sp³-hybridized carbons (Fsp3) is 0.462. The van der Waals surface area contributed by atoms with E-state index in [0.29, 0.717) is 0 Å². The van der Waals surface area contributed by atoms with Crippen LogP contribution in [0, 0.1) is 13.8 Å². The Labute approximate surface area is 116 Å². The van der Waals surface area contributed by atoms with Crippen molar-refractivity contribution in [3.8, 4) is 0 Å². The van der Waals surface area contributed by atoms with E-state index in [9.17, 15) is 9.59 Å². The number of carboxylic acid groups (broad SMARTS) is 1. The van der Waals surface area contributed by atoms with Gasteiger partial charge in [0.15, 0.2) is 0 Å². The summed E-state index contributed by atoms with van der Waals surface area (Å²) >= 11 is 1.53. The average Bonchev–Trinajstić information content (AvgIpc) is 2.66. The van der Waals surface area contributed by atoms with Crippen LogP contribution in [0.25, 0.3) is 0 Å². The van der Waals surface area contributed by atoms with Crippen molar-refractivity contribution in [2.45, 2.75) is 40.7 Å². The molecule has 1 amide bonds. The van der Waals surface area contributed by atoms with Gasteiger partial charge in [0.05, 0.1) is 16.7 Å². The van der Waals surface area contributed by atoms with Crippen molar-refractivity contribution >= 4 is 23.2 Å². The molecule has 0 aliphatic heterocycles. The highest BCUT2D eigenvalue weighted by atomic mass is 32.1. The zero-order valence-corrected chi connectivity index (χ0v) is 12.5. The summed E-state index contributed by atoms with van der Waals surface area (Å²) in [4.78, 5) is 28.1. The summed E-state index contributed by atoms with van der Waals surface area (Å²) in [6.07, 6.45) is 0. The summed E-state index contributed by atoms with van der Waals surface area (Å²) < 4.78 is 0. The molecule has 2 N–H and O–H groups in total. The van der Waals surface area contributed by atoms with E-state index in [1.54, 1.807) is 0 Å². The number of rotatable bonds is 4. The second-order valence-corrected chi connectivity index (χ2v) is 5.67. The second kappa shape index (κ2) is 5.97. The van der Waals surface area contributed by atoms with E-state index in [4.69, 9.17) is 5.11 Å². The van der Waals surface area contributed by atoms with Crippen LogP contribution in [0.2, 0.25) is 0 Å². The number of aliphatic carboxylic acids is 1. The second-order valence-electron chi connectivity index (χ2n) is 4.43. The zero-order chi connectivity index (χ0) is 14.7. The number of thiazole rings is 1. The van der Waals surface area contributed by atoms with Crippen molar-refractivity contribution in [2.24, 2.45) is 0 Å². The Hall–Kier alpha value is -1.69. The number of carbonyl (C=O) groups is 2. The average molecular weight is 282 g/mol. The molecule has 1 aromatic rings. The van der Waals surface area contributed by atoms with Crippen LogP contribution in [0.15, 0.2) is 11.1 Å². The quantitative estimate of drug-likeness (QED) is 0.831. The van der Waals surface area contributed by atoms with Crippen LogP contribution >= 0.6 is 11.3 Å². The molecule has 0 fully saturated rings. The van der Waals surface area contributed by atoms with E-state index in [2.05, 4.69) is 10.3 Å². The lowest BCUT2D eigenvalue weighted by molar-refractivity contribution is -0.133. The first-order valence-corrected chi connectivity index (χ1v) is 6.71. The largest absolute Gasteiger partial charge is 0.478 e. The molecule has 1 aromatic heterocycles. The Balaban J connectivity index is 2.86. The number of aromatic nitrogens is 1. The Morgan fingerprint density at radius 2 is 1.84 bits per heavy atom. The standard InChI is InChI=1S/C13H18N2O3S/c1-6(7(2)13(17)18)12(16)15-9(4)11-8(3)14-10(5)19-11/h9H,1-5H3,(H,15,16)(H,17,18). The minimum atomic E-state index is -1.08. The summed E-state index contributed by atoms with van der Waals surface area (Å²) in [5.41, 5.74) is 1.17. The number of hydrogen-bond donors (Lipinski definition) is 2. The maximum absolute atomic E-state index is 11.9. The molecule has 104 valence electrons. The molecule has 5 nitrogen and oxygen atoms in total. The predicted molar refractivity (Wildman–Crippen MR) is 74.2 cm³/mol. The number of aryl methyl sites for hydroxylation is 2. The summed E-state index contributed by atoms with van der Waals surface area (Å²) in [6.45, 7) is 8.60. The number of amides is 1. The number of nitrogens with zero attached hydrogens (tertiary/aromatic N) is 1. The normalized spacial score (nSPS) is 13.7. The molecule has 0 saturated carbocycles. The lowest BCUT2D eigenvalue weighted by Crippen LogP contribution is -2.28. The van der Waals surface area contributed by atoms with Crippen LogP contribution in [0.5, 0.6) is 0 Å². The van der Waals surface area contributed by atoms with Gasteiger partial charge >= 0.3 is 5.97 Å². The van der Waals surface area contributed by atoms with Crippen molar-refractivity contribution in [1.29, 1.82) is 0 Å². The third kappa shape index (κ3) is 3.64. The molecule has 0 bridgehead atoms. The molecule has 1 unspecified atom stereocenters. The van der Waals surface area contributed by atoms with Gasteiger partial charge in [0.25, 0.3) is 0 Å². The smallest absolute Gasteiger partial charge is 0.331 e. The number of hydrogen-bond acceptors (Lipinski definition) is 4. The Morgan fingerprint density at radius 1 is 1.26 bits per heavy atom. The molecule has 1 atom stereocenters. The lowest BCUT2D eigenvalue weighted by atomic mass is 10.1. The van der Waals surface area contributed by atoms with Crippen molar-refractivity contribution in [3.63, 3.8) is 0 Å². The van der Waals surface area contributed by atoms with Gasteiger partial charge in [0.2, 0.25) is 5.91 Å². The van der Waals surface area contributed by atoms with Gasteiger partial charge in [0.1, 0.15) is 0 Å². The summed E-state index contributed by atoms with van der Waals surface area (Å²) in [6, 6.07) is -0.185. The van der Waals surface area contributed by atoms with Crippen molar-refractivity contribution in [3.05, 3.63) is 26.7 Å². The van der Waals surface area contributed by atoms with Gasteiger partial charge in [-0.15, -0.1) is 11.3 Å². The van der Waals surface area contributed by atoms with Crippen LogP contribution < -0.4 is 5.32 Å². The molecule has 0 spiro atoms. The van der Waals surface area contributed by atoms with Gasteiger partial charge in [0, 0.05) is 16.0 Å². The van der Waals surface area contributed by atoms with Crippen LogP contribution in [-0.2, 0) is 9.59 Å². The molecule has 1 heterocycles. The van der Waals surface area contributed by atoms with E-state index >= 15 is 0 Å². The van der Waals surface area contributed by atoms with E-state index in [0.717, 1.165) is 15.6 Å². The van der Waals surface area contributed by atoms with Crippen molar-refractivity contribution in [1.82, 2.24) is 10.3 Å². The fourth-order valence-electron chi connectivity index (χ4n) is 1.65. The molecule has 0 radical (unpaired) electrons. The fourth-order valence-corrected chi connectivity index (χ4v) is 2.58. The zero-order valence-electron chi connectivity index (χ0n) is 11.7. The van der Waals surface area contributed by atoms with Crippen molar-refractivity contribution in [2.75, 3.05) is 0 Å². The van der Waals surface area contributed by atoms with E-state index in [-0.39, 0.29) is 23.1 Å². The van der Waals surface area contributed by atoms with E-state index < -0.39 is 5.97 Å². The van der Waals surface area contributed by atoms with Crippen LogP contribution in [0.1, 0.15) is 42.4 Å². The third-order valence-electron chi connectivity index (χ3n) is 2.90. The number of carbonyl (C=O) groups excluding carboxylic acids is 1. The van der Waals surface area contributed by atoms with Crippen LogP contribution in [0.3, 0.4) is 0 Å². The van der Waals surface area contributed by atoms with Gasteiger partial charge in [-0.1, -0.05) is 0 Å². The van der Waals surface area contributed by atoms with E-state index in [1.807, 2.05) is 20.8 Å². The Bertz CT molecular complexity index is 546. The topological polar surface area (TPSA) is 79.3 Å². The highest BCUT2D eigenvalue weighted by Gasteiger charge is 2.18.